The molecule has 3 fully saturated rings. The van der Waals surface area contributed by atoms with Crippen molar-refractivity contribution in [1.82, 2.24) is 4.90 Å². The molecule has 2 saturated heterocycles. The molecule has 4 heteroatoms. The first kappa shape index (κ1) is 13.8. The van der Waals surface area contributed by atoms with Crippen LogP contribution >= 0.6 is 11.3 Å². The molecule has 21 heavy (non-hydrogen) atoms. The van der Waals surface area contributed by atoms with Crippen LogP contribution in [-0.4, -0.2) is 28.1 Å². The fourth-order valence-electron chi connectivity index (χ4n) is 4.69. The highest BCUT2D eigenvalue weighted by Crippen LogP contribution is 2.53. The molecule has 0 radical (unpaired) electrons. The first-order chi connectivity index (χ1) is 10.2. The Morgan fingerprint density at radius 1 is 1.29 bits per heavy atom. The fraction of sp³-hybridized carbons (Fsp3) is 0.706. The van der Waals surface area contributed by atoms with Gasteiger partial charge < -0.3 is 5.11 Å². The Morgan fingerprint density at radius 2 is 2.00 bits per heavy atom. The third-order valence-corrected chi connectivity index (χ3v) is 6.52. The van der Waals surface area contributed by atoms with Gasteiger partial charge in [0.25, 0.3) is 0 Å². The predicted octanol–water partition coefficient (Wildman–Crippen LogP) is 3.92. The summed E-state index contributed by atoms with van der Waals surface area (Å²) in [5.74, 6) is 0.632. The van der Waals surface area contributed by atoms with Gasteiger partial charge in [0.15, 0.2) is 0 Å². The van der Waals surface area contributed by atoms with E-state index in [1.54, 1.807) is 0 Å². The average molecular weight is 305 g/mol. The van der Waals surface area contributed by atoms with Crippen LogP contribution in [0.4, 0.5) is 0 Å². The van der Waals surface area contributed by atoms with E-state index in [0.29, 0.717) is 30.5 Å². The normalized spacial score (nSPS) is 34.0. The summed E-state index contributed by atoms with van der Waals surface area (Å²) in [7, 11) is 0. The zero-order valence-electron chi connectivity index (χ0n) is 12.3. The predicted molar refractivity (Wildman–Crippen MR) is 83.4 cm³/mol. The third kappa shape index (κ3) is 2.64. The number of piperidine rings is 1. The lowest BCUT2D eigenvalue weighted by molar-refractivity contribution is -0.138. The standard InChI is InChI=1S/C17H23NO2S/c19-16(20)10-11-8-13-5-6-14(9-11)18(13)17(12-3-4-12)15-2-1-7-21-15/h1-2,7,11-14,17H,3-6,8-10H2,(H,19,20). The van der Waals surface area contributed by atoms with Crippen molar-refractivity contribution < 1.29 is 9.90 Å². The van der Waals surface area contributed by atoms with Crippen molar-refractivity contribution in [1.29, 1.82) is 0 Å². The molecule has 1 aromatic rings. The van der Waals surface area contributed by atoms with Crippen LogP contribution in [0.15, 0.2) is 17.5 Å². The quantitative estimate of drug-likeness (QED) is 0.896. The summed E-state index contributed by atoms with van der Waals surface area (Å²) in [4.78, 5) is 15.3. The van der Waals surface area contributed by atoms with Crippen molar-refractivity contribution in [3.05, 3.63) is 22.4 Å². The highest BCUT2D eigenvalue weighted by atomic mass is 32.1. The van der Waals surface area contributed by atoms with E-state index in [2.05, 4.69) is 22.4 Å². The maximum Gasteiger partial charge on any atom is 0.303 e. The number of carboxylic acid groups (broad SMARTS) is 1. The Labute approximate surface area is 130 Å². The molecule has 3 nitrogen and oxygen atoms in total. The van der Waals surface area contributed by atoms with E-state index in [1.165, 1.54) is 30.6 Å². The van der Waals surface area contributed by atoms with Gasteiger partial charge in [0.1, 0.15) is 0 Å². The van der Waals surface area contributed by atoms with Crippen molar-refractivity contribution in [2.45, 2.75) is 63.1 Å². The van der Waals surface area contributed by atoms with Crippen LogP contribution in [0.2, 0.25) is 0 Å². The van der Waals surface area contributed by atoms with Gasteiger partial charge in [-0.25, -0.2) is 0 Å². The minimum atomic E-state index is -0.621. The van der Waals surface area contributed by atoms with Gasteiger partial charge >= 0.3 is 5.97 Å². The smallest absolute Gasteiger partial charge is 0.303 e. The number of hydrogen-bond acceptors (Lipinski definition) is 3. The van der Waals surface area contributed by atoms with Crippen molar-refractivity contribution in [2.75, 3.05) is 0 Å². The summed E-state index contributed by atoms with van der Waals surface area (Å²) in [6, 6.07) is 6.35. The van der Waals surface area contributed by atoms with Crippen molar-refractivity contribution in [2.24, 2.45) is 11.8 Å². The van der Waals surface area contributed by atoms with E-state index < -0.39 is 5.97 Å². The zero-order valence-corrected chi connectivity index (χ0v) is 13.1. The molecule has 3 atom stereocenters. The SMILES string of the molecule is O=C(O)CC1CC2CCC(C1)N2C(c1cccs1)C1CC1. The van der Waals surface area contributed by atoms with Crippen molar-refractivity contribution in [3.8, 4) is 0 Å². The van der Waals surface area contributed by atoms with Crippen LogP contribution in [-0.2, 0) is 4.79 Å². The minimum Gasteiger partial charge on any atom is -0.481 e. The van der Waals surface area contributed by atoms with E-state index in [9.17, 15) is 4.79 Å². The van der Waals surface area contributed by atoms with Crippen LogP contribution in [0.1, 0.15) is 55.9 Å². The molecule has 114 valence electrons. The summed E-state index contributed by atoms with van der Waals surface area (Å²) >= 11 is 1.90. The maximum absolute atomic E-state index is 11.0. The molecule has 1 aromatic heterocycles. The van der Waals surface area contributed by atoms with Crippen LogP contribution in [0.25, 0.3) is 0 Å². The second kappa shape index (κ2) is 5.40. The van der Waals surface area contributed by atoms with Gasteiger partial charge in [0.2, 0.25) is 0 Å². The highest BCUT2D eigenvalue weighted by Gasteiger charge is 2.48. The Hall–Kier alpha value is -0.870. The van der Waals surface area contributed by atoms with Gasteiger partial charge in [-0.2, -0.15) is 0 Å². The van der Waals surface area contributed by atoms with Gasteiger partial charge in [-0.3, -0.25) is 9.69 Å². The van der Waals surface area contributed by atoms with E-state index in [1.807, 2.05) is 11.3 Å². The minimum absolute atomic E-state index is 0.369. The van der Waals surface area contributed by atoms with E-state index in [-0.39, 0.29) is 0 Å². The monoisotopic (exact) mass is 305 g/mol. The molecule has 1 N–H and O–H groups in total. The zero-order chi connectivity index (χ0) is 14.4. The van der Waals surface area contributed by atoms with Crippen LogP contribution in [0.5, 0.6) is 0 Å². The molecule has 0 spiro atoms. The largest absolute Gasteiger partial charge is 0.481 e. The van der Waals surface area contributed by atoms with E-state index in [0.717, 1.165) is 18.8 Å². The number of aliphatic carboxylic acids is 1. The molecule has 0 aromatic carbocycles. The number of carbonyl (C=O) groups is 1. The molecule has 2 aliphatic heterocycles. The van der Waals surface area contributed by atoms with E-state index >= 15 is 0 Å². The lowest BCUT2D eigenvalue weighted by Crippen LogP contribution is -2.45. The number of fused-ring (bicyclic) bond motifs is 2. The maximum atomic E-state index is 11.0. The van der Waals surface area contributed by atoms with Gasteiger partial charge in [0, 0.05) is 29.4 Å². The molecule has 3 heterocycles. The Kier molecular flexibility index (Phi) is 3.54. The second-order valence-electron chi connectivity index (χ2n) is 7.07. The van der Waals surface area contributed by atoms with E-state index in [4.69, 9.17) is 5.11 Å². The van der Waals surface area contributed by atoms with Gasteiger partial charge in [0.05, 0.1) is 0 Å². The van der Waals surface area contributed by atoms with Crippen LogP contribution in [0, 0.1) is 11.8 Å². The summed E-state index contributed by atoms with van der Waals surface area (Å²) < 4.78 is 0. The number of thiophene rings is 1. The molecule has 1 aliphatic carbocycles. The van der Waals surface area contributed by atoms with Crippen molar-refractivity contribution in [3.63, 3.8) is 0 Å². The average Bonchev–Trinajstić information content (AvgIpc) is 3.05. The number of nitrogens with zero attached hydrogens (tertiary/aromatic N) is 1. The Bertz CT molecular complexity index is 497. The van der Waals surface area contributed by atoms with Gasteiger partial charge in [-0.1, -0.05) is 6.07 Å². The molecule has 1 saturated carbocycles. The summed E-state index contributed by atoms with van der Waals surface area (Å²) in [5, 5.41) is 11.3. The highest BCUT2D eigenvalue weighted by molar-refractivity contribution is 7.10. The molecular formula is C17H23NO2S. The Balaban J connectivity index is 1.54. The first-order valence-corrected chi connectivity index (χ1v) is 9.13. The number of hydrogen-bond donors (Lipinski definition) is 1. The Morgan fingerprint density at radius 3 is 2.52 bits per heavy atom. The van der Waals surface area contributed by atoms with Gasteiger partial charge in [-0.05, 0) is 61.8 Å². The molecule has 3 unspecified atom stereocenters. The lowest BCUT2D eigenvalue weighted by Gasteiger charge is -2.43. The van der Waals surface area contributed by atoms with Crippen LogP contribution < -0.4 is 0 Å². The molecule has 2 bridgehead atoms. The summed E-state index contributed by atoms with van der Waals surface area (Å²) in [5.41, 5.74) is 0. The molecule has 0 amide bonds. The molecule has 3 aliphatic rings. The van der Waals surface area contributed by atoms with Crippen molar-refractivity contribution >= 4 is 17.3 Å². The first-order valence-electron chi connectivity index (χ1n) is 8.25. The number of rotatable bonds is 5. The molecule has 4 rings (SSSR count). The van der Waals surface area contributed by atoms with Gasteiger partial charge in [-0.15, -0.1) is 11.3 Å². The lowest BCUT2D eigenvalue weighted by atomic mass is 9.86. The summed E-state index contributed by atoms with van der Waals surface area (Å²) in [6.45, 7) is 0. The number of carboxylic acids is 1. The fourth-order valence-corrected chi connectivity index (χ4v) is 5.61. The topological polar surface area (TPSA) is 40.5 Å². The van der Waals surface area contributed by atoms with Crippen LogP contribution in [0.3, 0.4) is 0 Å². The molecular weight excluding hydrogens is 282 g/mol. The summed E-state index contributed by atoms with van der Waals surface area (Å²) in [6.07, 6.45) is 7.85. The third-order valence-electron chi connectivity index (χ3n) is 5.57. The second-order valence-corrected chi connectivity index (χ2v) is 8.04.